The molecule has 4 rings (SSSR count). The van der Waals surface area contributed by atoms with Gasteiger partial charge in [0, 0.05) is 63.0 Å². The summed E-state index contributed by atoms with van der Waals surface area (Å²) in [5, 5.41) is 9.05. The van der Waals surface area contributed by atoms with Gasteiger partial charge in [-0.05, 0) is 31.5 Å². The molecule has 8 nitrogen and oxygen atoms in total. The van der Waals surface area contributed by atoms with Gasteiger partial charge >= 0.3 is 0 Å². The minimum atomic E-state index is -0.134. The second kappa shape index (κ2) is 7.20. The van der Waals surface area contributed by atoms with Crippen molar-refractivity contribution in [1.29, 1.82) is 0 Å². The van der Waals surface area contributed by atoms with Crippen molar-refractivity contribution in [3.8, 4) is 11.3 Å². The Kier molecular flexibility index (Phi) is 4.72. The van der Waals surface area contributed by atoms with Crippen LogP contribution in [0, 0.1) is 0 Å². The lowest BCUT2D eigenvalue weighted by Gasteiger charge is -2.39. The van der Waals surface area contributed by atoms with E-state index in [1.807, 2.05) is 31.6 Å². The average molecular weight is 379 g/mol. The summed E-state index contributed by atoms with van der Waals surface area (Å²) in [6.45, 7) is 6.52. The maximum atomic E-state index is 11.6. The molecule has 1 N–H and O–H groups in total. The Morgan fingerprint density at radius 1 is 1.21 bits per heavy atom. The third kappa shape index (κ3) is 3.55. The zero-order chi connectivity index (χ0) is 19.8. The van der Waals surface area contributed by atoms with E-state index in [4.69, 9.17) is 4.98 Å². The zero-order valence-electron chi connectivity index (χ0n) is 16.7. The van der Waals surface area contributed by atoms with Crippen molar-refractivity contribution < 1.29 is 4.79 Å². The van der Waals surface area contributed by atoms with Gasteiger partial charge in [-0.1, -0.05) is 0 Å². The first-order chi connectivity index (χ1) is 13.4. The molecule has 4 heterocycles. The van der Waals surface area contributed by atoms with Crippen LogP contribution in [0.25, 0.3) is 22.0 Å². The van der Waals surface area contributed by atoms with Crippen LogP contribution in [-0.4, -0.2) is 63.3 Å². The van der Waals surface area contributed by atoms with Gasteiger partial charge in [0.15, 0.2) is 0 Å². The van der Waals surface area contributed by atoms with E-state index in [1.54, 1.807) is 10.9 Å². The fourth-order valence-corrected chi connectivity index (χ4v) is 3.76. The van der Waals surface area contributed by atoms with Gasteiger partial charge in [0.25, 0.3) is 0 Å². The molecule has 28 heavy (non-hydrogen) atoms. The molecular weight excluding hydrogens is 354 g/mol. The number of aromatic nitrogens is 4. The monoisotopic (exact) mass is 379 g/mol. The van der Waals surface area contributed by atoms with Gasteiger partial charge in [-0.15, -0.1) is 0 Å². The van der Waals surface area contributed by atoms with Crippen LogP contribution in [-0.2, 0) is 11.8 Å². The Morgan fingerprint density at radius 3 is 2.71 bits per heavy atom. The summed E-state index contributed by atoms with van der Waals surface area (Å²) in [5.74, 6) is 1.29. The van der Waals surface area contributed by atoms with Gasteiger partial charge in [0.2, 0.25) is 5.91 Å². The highest BCUT2D eigenvalue weighted by molar-refractivity contribution is 5.98. The average Bonchev–Trinajstić information content (AvgIpc) is 3.06. The molecule has 0 unspecified atom stereocenters. The minimum absolute atomic E-state index is 0.134. The van der Waals surface area contributed by atoms with Crippen molar-refractivity contribution in [3.05, 3.63) is 30.7 Å². The molecule has 0 spiro atoms. The summed E-state index contributed by atoms with van der Waals surface area (Å²) >= 11 is 0. The van der Waals surface area contributed by atoms with Crippen LogP contribution in [0.5, 0.6) is 0 Å². The smallest absolute Gasteiger partial charge is 0.222 e. The Balaban J connectivity index is 1.84. The standard InChI is InChI=1S/C20H25N7O/c1-13-11-25(3)5-6-27(13)20-17-10-21-18(16-9-22-26(4)12-16)7-15(17)8-19(24-20)23-14(2)28/h7-10,12-13H,5-6,11H2,1-4H3,(H,23,24,28)/t13-/m0/s1. The quantitative estimate of drug-likeness (QED) is 0.751. The summed E-state index contributed by atoms with van der Waals surface area (Å²) < 4.78 is 1.76. The summed E-state index contributed by atoms with van der Waals surface area (Å²) in [4.78, 5) is 25.7. The molecule has 1 aliphatic heterocycles. The van der Waals surface area contributed by atoms with Crippen molar-refractivity contribution in [2.75, 3.05) is 36.9 Å². The summed E-state index contributed by atoms with van der Waals surface area (Å²) in [5.41, 5.74) is 1.80. The number of hydrogen-bond acceptors (Lipinski definition) is 6. The highest BCUT2D eigenvalue weighted by atomic mass is 16.1. The van der Waals surface area contributed by atoms with E-state index in [0.717, 1.165) is 47.5 Å². The number of amides is 1. The maximum Gasteiger partial charge on any atom is 0.222 e. The number of pyridine rings is 2. The van der Waals surface area contributed by atoms with Crippen LogP contribution < -0.4 is 10.2 Å². The Labute approximate surface area is 164 Å². The zero-order valence-corrected chi connectivity index (χ0v) is 16.7. The fourth-order valence-electron chi connectivity index (χ4n) is 3.76. The molecule has 1 amide bonds. The van der Waals surface area contributed by atoms with E-state index in [9.17, 15) is 4.79 Å². The number of rotatable bonds is 3. The van der Waals surface area contributed by atoms with Gasteiger partial charge in [0.05, 0.1) is 11.9 Å². The molecule has 1 atom stereocenters. The molecule has 1 saturated heterocycles. The Hall–Kier alpha value is -3.00. The van der Waals surface area contributed by atoms with Crippen LogP contribution in [0.2, 0.25) is 0 Å². The van der Waals surface area contributed by atoms with Crippen molar-refractivity contribution >= 4 is 28.3 Å². The molecule has 8 heteroatoms. The largest absolute Gasteiger partial charge is 0.351 e. The number of anilines is 2. The lowest BCUT2D eigenvalue weighted by Crippen LogP contribution is -2.50. The SMILES string of the molecule is CC(=O)Nc1cc2cc(-c3cnn(C)c3)ncc2c(N2CCN(C)C[C@@H]2C)n1. The number of nitrogens with one attached hydrogen (secondary N) is 1. The number of likely N-dealkylation sites (N-methyl/N-ethyl adjacent to an activating group) is 1. The van der Waals surface area contributed by atoms with Crippen molar-refractivity contribution in [3.63, 3.8) is 0 Å². The number of nitrogens with zero attached hydrogens (tertiary/aromatic N) is 6. The van der Waals surface area contributed by atoms with E-state index >= 15 is 0 Å². The molecular formula is C20H25N7O. The molecule has 146 valence electrons. The van der Waals surface area contributed by atoms with Crippen molar-refractivity contribution in [1.82, 2.24) is 24.6 Å². The van der Waals surface area contributed by atoms with E-state index < -0.39 is 0 Å². The molecule has 3 aromatic heterocycles. The lowest BCUT2D eigenvalue weighted by molar-refractivity contribution is -0.114. The van der Waals surface area contributed by atoms with E-state index in [0.29, 0.717) is 11.9 Å². The highest BCUT2D eigenvalue weighted by Gasteiger charge is 2.25. The van der Waals surface area contributed by atoms with Crippen molar-refractivity contribution in [2.45, 2.75) is 19.9 Å². The van der Waals surface area contributed by atoms with Gasteiger partial charge in [-0.3, -0.25) is 14.5 Å². The third-order valence-corrected chi connectivity index (χ3v) is 5.10. The second-order valence-electron chi connectivity index (χ2n) is 7.51. The fraction of sp³-hybridized carbons (Fsp3) is 0.400. The minimum Gasteiger partial charge on any atom is -0.351 e. The predicted octanol–water partition coefficient (Wildman–Crippen LogP) is 2.13. The number of aryl methyl sites for hydroxylation is 1. The Bertz CT molecular complexity index is 1030. The molecule has 0 bridgehead atoms. The molecule has 1 fully saturated rings. The first kappa shape index (κ1) is 18.4. The molecule has 0 saturated carbocycles. The third-order valence-electron chi connectivity index (χ3n) is 5.10. The number of hydrogen-bond donors (Lipinski definition) is 1. The van der Waals surface area contributed by atoms with Gasteiger partial charge in [0.1, 0.15) is 11.6 Å². The summed E-state index contributed by atoms with van der Waals surface area (Å²) in [6.07, 6.45) is 5.61. The number of carbonyl (C=O) groups excluding carboxylic acids is 1. The van der Waals surface area contributed by atoms with Crippen LogP contribution in [0.15, 0.2) is 30.7 Å². The second-order valence-corrected chi connectivity index (χ2v) is 7.51. The molecule has 0 aromatic carbocycles. The maximum absolute atomic E-state index is 11.6. The van der Waals surface area contributed by atoms with Gasteiger partial charge in [-0.2, -0.15) is 5.10 Å². The first-order valence-corrected chi connectivity index (χ1v) is 9.43. The number of fused-ring (bicyclic) bond motifs is 1. The number of carbonyl (C=O) groups is 1. The van der Waals surface area contributed by atoms with Crippen molar-refractivity contribution in [2.24, 2.45) is 7.05 Å². The van der Waals surface area contributed by atoms with Crippen LogP contribution >= 0.6 is 0 Å². The van der Waals surface area contributed by atoms with E-state index in [2.05, 4.69) is 39.2 Å². The number of piperazine rings is 1. The normalized spacial score (nSPS) is 17.9. The Morgan fingerprint density at radius 2 is 2.04 bits per heavy atom. The van der Waals surface area contributed by atoms with Gasteiger partial charge < -0.3 is 15.1 Å². The topological polar surface area (TPSA) is 79.2 Å². The predicted molar refractivity (Wildman–Crippen MR) is 110 cm³/mol. The van der Waals surface area contributed by atoms with Crippen LogP contribution in [0.3, 0.4) is 0 Å². The first-order valence-electron chi connectivity index (χ1n) is 9.43. The summed E-state index contributed by atoms with van der Waals surface area (Å²) in [6, 6.07) is 4.26. The molecule has 0 radical (unpaired) electrons. The summed E-state index contributed by atoms with van der Waals surface area (Å²) in [7, 11) is 4.02. The lowest BCUT2D eigenvalue weighted by atomic mass is 10.1. The van der Waals surface area contributed by atoms with E-state index in [-0.39, 0.29) is 5.91 Å². The van der Waals surface area contributed by atoms with Crippen LogP contribution in [0.4, 0.5) is 11.6 Å². The van der Waals surface area contributed by atoms with E-state index in [1.165, 1.54) is 6.92 Å². The van der Waals surface area contributed by atoms with Crippen LogP contribution in [0.1, 0.15) is 13.8 Å². The molecule has 0 aliphatic carbocycles. The van der Waals surface area contributed by atoms with Gasteiger partial charge in [-0.25, -0.2) is 4.98 Å². The molecule has 1 aliphatic rings. The highest BCUT2D eigenvalue weighted by Crippen LogP contribution is 2.32. The molecule has 3 aromatic rings.